The Morgan fingerprint density at radius 2 is 1.68 bits per heavy atom. The zero-order valence-electron chi connectivity index (χ0n) is 13.7. The second-order valence-corrected chi connectivity index (χ2v) is 5.75. The van der Waals surface area contributed by atoms with E-state index in [0.717, 1.165) is 11.1 Å². The first kappa shape index (κ1) is 16.5. The molecule has 25 heavy (non-hydrogen) atoms. The summed E-state index contributed by atoms with van der Waals surface area (Å²) in [5, 5.41) is 2.88. The molecule has 1 heterocycles. The van der Waals surface area contributed by atoms with Crippen molar-refractivity contribution >= 4 is 11.8 Å². The first-order chi connectivity index (χ1) is 12.1. The number of nitrogens with one attached hydrogen (secondary N) is 1. The summed E-state index contributed by atoms with van der Waals surface area (Å²) in [7, 11) is 0. The normalized spacial score (nSPS) is 10.4. The highest BCUT2D eigenvalue weighted by Crippen LogP contribution is 2.09. The predicted molar refractivity (Wildman–Crippen MR) is 96.1 cm³/mol. The third kappa shape index (κ3) is 4.14. The van der Waals surface area contributed by atoms with Gasteiger partial charge >= 0.3 is 0 Å². The smallest absolute Gasteiger partial charge is 0.268 e. The molecular formula is C20H19N3O2. The fourth-order valence-corrected chi connectivity index (χ4v) is 2.65. The number of hydrogen-bond acceptors (Lipinski definition) is 2. The van der Waals surface area contributed by atoms with Crippen LogP contribution in [0.4, 0.5) is 0 Å². The van der Waals surface area contributed by atoms with E-state index in [1.54, 1.807) is 24.3 Å². The summed E-state index contributed by atoms with van der Waals surface area (Å²) in [5.74, 6) is -0.643. The maximum atomic E-state index is 12.5. The van der Waals surface area contributed by atoms with Crippen molar-refractivity contribution in [1.82, 2.24) is 9.88 Å². The topological polar surface area (TPSA) is 77.1 Å². The number of carbonyl (C=O) groups excluding carboxylic acids is 2. The van der Waals surface area contributed by atoms with Gasteiger partial charge in [0.2, 0.25) is 5.91 Å². The highest BCUT2D eigenvalue weighted by molar-refractivity contribution is 5.93. The number of primary amides is 1. The predicted octanol–water partition coefficient (Wildman–Crippen LogP) is 2.57. The zero-order chi connectivity index (χ0) is 17.6. The average molecular weight is 333 g/mol. The number of hydrogen-bond donors (Lipinski definition) is 2. The van der Waals surface area contributed by atoms with Crippen LogP contribution in [0.3, 0.4) is 0 Å². The maximum absolute atomic E-state index is 12.5. The van der Waals surface area contributed by atoms with E-state index in [4.69, 9.17) is 5.73 Å². The molecule has 0 saturated heterocycles. The molecule has 1 aromatic heterocycles. The zero-order valence-corrected chi connectivity index (χ0v) is 13.7. The Morgan fingerprint density at radius 3 is 2.44 bits per heavy atom. The molecule has 0 bridgehead atoms. The fraction of sp³-hybridized carbons (Fsp3) is 0.100. The summed E-state index contributed by atoms with van der Waals surface area (Å²) < 4.78 is 1.91. The minimum absolute atomic E-state index is 0.162. The Balaban J connectivity index is 1.67. The Bertz CT molecular complexity index is 885. The summed E-state index contributed by atoms with van der Waals surface area (Å²) in [6, 6.07) is 20.5. The van der Waals surface area contributed by atoms with Crippen LogP contribution in [-0.4, -0.2) is 16.4 Å². The van der Waals surface area contributed by atoms with Crippen LogP contribution in [0, 0.1) is 0 Å². The molecule has 2 amide bonds. The van der Waals surface area contributed by atoms with Gasteiger partial charge in [-0.2, -0.15) is 0 Å². The minimum Gasteiger partial charge on any atom is -0.366 e. The van der Waals surface area contributed by atoms with Gasteiger partial charge in [0.1, 0.15) is 5.69 Å². The molecule has 0 unspecified atom stereocenters. The molecule has 3 N–H and O–H groups in total. The van der Waals surface area contributed by atoms with Crippen molar-refractivity contribution < 1.29 is 9.59 Å². The Morgan fingerprint density at radius 1 is 0.920 bits per heavy atom. The molecule has 0 aliphatic heterocycles. The molecule has 2 aromatic carbocycles. The molecule has 5 heteroatoms. The number of amides is 2. The lowest BCUT2D eigenvalue weighted by molar-refractivity contribution is 0.0941. The summed E-state index contributed by atoms with van der Waals surface area (Å²) >= 11 is 0. The Labute approximate surface area is 146 Å². The van der Waals surface area contributed by atoms with Gasteiger partial charge in [-0.15, -0.1) is 0 Å². The Hall–Kier alpha value is -3.34. The maximum Gasteiger partial charge on any atom is 0.268 e. The van der Waals surface area contributed by atoms with Crippen molar-refractivity contribution in [3.8, 4) is 0 Å². The molecule has 0 radical (unpaired) electrons. The van der Waals surface area contributed by atoms with Crippen LogP contribution in [-0.2, 0) is 13.1 Å². The van der Waals surface area contributed by atoms with Crippen LogP contribution >= 0.6 is 0 Å². The van der Waals surface area contributed by atoms with E-state index in [1.165, 1.54) is 0 Å². The summed E-state index contributed by atoms with van der Waals surface area (Å²) in [5.41, 5.74) is 8.25. The first-order valence-electron chi connectivity index (χ1n) is 7.99. The molecule has 3 rings (SSSR count). The molecule has 0 spiro atoms. The Kier molecular flexibility index (Phi) is 4.95. The standard InChI is InChI=1S/C20H19N3O2/c21-19(24)17-9-4-8-16(12-17)13-22-20(25)18-10-5-11-23(18)14-15-6-2-1-3-7-15/h1-12H,13-14H2,(H2,21,24)(H,22,25). The second kappa shape index (κ2) is 7.49. The number of aromatic nitrogens is 1. The monoisotopic (exact) mass is 333 g/mol. The van der Waals surface area contributed by atoms with Gasteiger partial charge in [-0.3, -0.25) is 9.59 Å². The fourth-order valence-electron chi connectivity index (χ4n) is 2.65. The van der Waals surface area contributed by atoms with Gasteiger partial charge in [0.15, 0.2) is 0 Å². The molecule has 0 saturated carbocycles. The van der Waals surface area contributed by atoms with Crippen LogP contribution in [0.25, 0.3) is 0 Å². The molecule has 0 atom stereocenters. The lowest BCUT2D eigenvalue weighted by atomic mass is 10.1. The minimum atomic E-state index is -0.482. The van der Waals surface area contributed by atoms with Gasteiger partial charge in [-0.1, -0.05) is 42.5 Å². The van der Waals surface area contributed by atoms with Crippen molar-refractivity contribution in [3.63, 3.8) is 0 Å². The third-order valence-electron chi connectivity index (χ3n) is 3.92. The van der Waals surface area contributed by atoms with Crippen molar-refractivity contribution in [2.75, 3.05) is 0 Å². The summed E-state index contributed by atoms with van der Waals surface area (Å²) in [4.78, 5) is 23.7. The van der Waals surface area contributed by atoms with Gasteiger partial charge < -0.3 is 15.6 Å². The van der Waals surface area contributed by atoms with Gasteiger partial charge in [-0.25, -0.2) is 0 Å². The van der Waals surface area contributed by atoms with Gasteiger partial charge in [-0.05, 0) is 35.4 Å². The lowest BCUT2D eigenvalue weighted by Gasteiger charge is -2.10. The molecule has 0 aliphatic carbocycles. The second-order valence-electron chi connectivity index (χ2n) is 5.75. The summed E-state index contributed by atoms with van der Waals surface area (Å²) in [6.45, 7) is 0.963. The van der Waals surface area contributed by atoms with Crippen LogP contribution in [0.5, 0.6) is 0 Å². The highest BCUT2D eigenvalue weighted by atomic mass is 16.2. The van der Waals surface area contributed by atoms with Crippen molar-refractivity contribution in [2.45, 2.75) is 13.1 Å². The van der Waals surface area contributed by atoms with Crippen molar-refractivity contribution in [2.24, 2.45) is 5.73 Å². The summed E-state index contributed by atoms with van der Waals surface area (Å²) in [6.07, 6.45) is 1.88. The van der Waals surface area contributed by atoms with Crippen molar-refractivity contribution in [1.29, 1.82) is 0 Å². The average Bonchev–Trinajstić information content (AvgIpc) is 3.09. The lowest BCUT2D eigenvalue weighted by Crippen LogP contribution is -2.25. The van der Waals surface area contributed by atoms with Crippen LogP contribution in [0.2, 0.25) is 0 Å². The number of carbonyl (C=O) groups is 2. The molecule has 5 nitrogen and oxygen atoms in total. The van der Waals surface area contributed by atoms with Crippen molar-refractivity contribution in [3.05, 3.63) is 95.3 Å². The van der Waals surface area contributed by atoms with Gasteiger partial charge in [0, 0.05) is 24.8 Å². The van der Waals surface area contributed by atoms with E-state index in [1.807, 2.05) is 53.2 Å². The van der Waals surface area contributed by atoms with E-state index >= 15 is 0 Å². The highest BCUT2D eigenvalue weighted by Gasteiger charge is 2.11. The molecule has 0 fully saturated rings. The van der Waals surface area contributed by atoms with E-state index in [-0.39, 0.29) is 5.91 Å². The quantitative estimate of drug-likeness (QED) is 0.727. The third-order valence-corrected chi connectivity index (χ3v) is 3.92. The van der Waals surface area contributed by atoms with Crippen LogP contribution in [0.1, 0.15) is 32.0 Å². The van der Waals surface area contributed by atoms with E-state index in [2.05, 4.69) is 5.32 Å². The largest absolute Gasteiger partial charge is 0.366 e. The number of nitrogens with two attached hydrogens (primary N) is 1. The molecular weight excluding hydrogens is 314 g/mol. The first-order valence-corrected chi connectivity index (χ1v) is 7.99. The SMILES string of the molecule is NC(=O)c1cccc(CNC(=O)c2cccn2Cc2ccccc2)c1. The molecule has 126 valence electrons. The number of benzene rings is 2. The molecule has 3 aromatic rings. The number of rotatable bonds is 6. The van der Waals surface area contributed by atoms with E-state index in [9.17, 15) is 9.59 Å². The van der Waals surface area contributed by atoms with Crippen LogP contribution in [0.15, 0.2) is 72.9 Å². The van der Waals surface area contributed by atoms with E-state index < -0.39 is 5.91 Å². The molecule has 0 aliphatic rings. The van der Waals surface area contributed by atoms with E-state index in [0.29, 0.717) is 24.3 Å². The van der Waals surface area contributed by atoms with Gasteiger partial charge in [0.25, 0.3) is 5.91 Å². The van der Waals surface area contributed by atoms with Gasteiger partial charge in [0.05, 0.1) is 0 Å². The number of nitrogens with zero attached hydrogens (tertiary/aromatic N) is 1. The van der Waals surface area contributed by atoms with Crippen LogP contribution < -0.4 is 11.1 Å².